The Morgan fingerprint density at radius 1 is 1.19 bits per heavy atom. The van der Waals surface area contributed by atoms with Gasteiger partial charge in [-0.1, -0.05) is 0 Å². The van der Waals surface area contributed by atoms with Crippen LogP contribution >= 0.6 is 0 Å². The lowest BCUT2D eigenvalue weighted by molar-refractivity contribution is -0.132. The van der Waals surface area contributed by atoms with Gasteiger partial charge in [-0.2, -0.15) is 0 Å². The van der Waals surface area contributed by atoms with Crippen LogP contribution < -0.4 is 0 Å². The van der Waals surface area contributed by atoms with E-state index in [2.05, 4.69) is 0 Å². The van der Waals surface area contributed by atoms with Crippen molar-refractivity contribution in [1.82, 2.24) is 9.80 Å². The van der Waals surface area contributed by atoms with E-state index in [4.69, 9.17) is 0 Å². The Hall–Kier alpha value is -0.610. The maximum absolute atomic E-state index is 11.9. The van der Waals surface area contributed by atoms with Gasteiger partial charge >= 0.3 is 0 Å². The van der Waals surface area contributed by atoms with Crippen molar-refractivity contribution in [3.8, 4) is 0 Å². The summed E-state index contributed by atoms with van der Waals surface area (Å²) in [7, 11) is 0. The normalized spacial score (nSPS) is 13.2. The molecule has 16 heavy (non-hydrogen) atoms. The molecule has 1 atom stereocenters. The van der Waals surface area contributed by atoms with Gasteiger partial charge in [0.2, 0.25) is 5.91 Å². The molecule has 1 amide bonds. The van der Waals surface area contributed by atoms with Crippen LogP contribution in [0.4, 0.5) is 0 Å². The van der Waals surface area contributed by atoms with Crippen LogP contribution in [-0.2, 0) is 4.79 Å². The highest BCUT2D eigenvalue weighted by atomic mass is 16.3. The van der Waals surface area contributed by atoms with Crippen LogP contribution in [0.15, 0.2) is 0 Å². The second-order valence-corrected chi connectivity index (χ2v) is 4.44. The molecule has 0 aliphatic carbocycles. The number of carbonyl (C=O) groups excluding carboxylic acids is 1. The minimum Gasteiger partial charge on any atom is -0.392 e. The molecule has 4 heteroatoms. The molecule has 0 fully saturated rings. The van der Waals surface area contributed by atoms with Crippen LogP contribution in [-0.4, -0.2) is 59.1 Å². The number of hydrogen-bond acceptors (Lipinski definition) is 3. The Balaban J connectivity index is 4.33. The number of aliphatic hydroxyl groups excluding tert-OH is 1. The maximum Gasteiger partial charge on any atom is 0.236 e. The van der Waals surface area contributed by atoms with Crippen LogP contribution in [0.1, 0.15) is 34.6 Å². The van der Waals surface area contributed by atoms with Gasteiger partial charge in [0.05, 0.1) is 12.6 Å². The molecule has 0 aliphatic heterocycles. The van der Waals surface area contributed by atoms with Gasteiger partial charge in [0.15, 0.2) is 0 Å². The summed E-state index contributed by atoms with van der Waals surface area (Å²) < 4.78 is 0. The number of rotatable bonds is 7. The van der Waals surface area contributed by atoms with Gasteiger partial charge in [-0.25, -0.2) is 0 Å². The van der Waals surface area contributed by atoms with Crippen molar-refractivity contribution in [2.24, 2.45) is 0 Å². The molecule has 0 aliphatic rings. The molecule has 0 radical (unpaired) electrons. The molecule has 0 aromatic rings. The van der Waals surface area contributed by atoms with E-state index in [9.17, 15) is 9.90 Å². The molecule has 0 aromatic heterocycles. The molecule has 0 saturated heterocycles. The summed E-state index contributed by atoms with van der Waals surface area (Å²) in [6.45, 7) is 12.2. The first-order valence-electron chi connectivity index (χ1n) is 6.12. The summed E-state index contributed by atoms with van der Waals surface area (Å²) in [4.78, 5) is 15.7. The van der Waals surface area contributed by atoms with Crippen LogP contribution in [0.3, 0.4) is 0 Å². The van der Waals surface area contributed by atoms with E-state index in [1.807, 2.05) is 37.5 Å². The molecule has 96 valence electrons. The second kappa shape index (κ2) is 7.63. The fourth-order valence-electron chi connectivity index (χ4n) is 1.65. The van der Waals surface area contributed by atoms with Crippen molar-refractivity contribution < 1.29 is 9.90 Å². The largest absolute Gasteiger partial charge is 0.392 e. The highest BCUT2D eigenvalue weighted by Crippen LogP contribution is 2.02. The zero-order chi connectivity index (χ0) is 12.7. The number of carbonyl (C=O) groups is 1. The van der Waals surface area contributed by atoms with E-state index >= 15 is 0 Å². The SMILES string of the molecule is CCN(CC)C(=O)CN(CC(C)O)C(C)C. The maximum atomic E-state index is 11.9. The highest BCUT2D eigenvalue weighted by Gasteiger charge is 2.18. The second-order valence-electron chi connectivity index (χ2n) is 4.44. The lowest BCUT2D eigenvalue weighted by atomic mass is 10.2. The summed E-state index contributed by atoms with van der Waals surface area (Å²) in [6.07, 6.45) is -0.396. The van der Waals surface area contributed by atoms with Gasteiger partial charge in [-0.3, -0.25) is 9.69 Å². The Morgan fingerprint density at radius 3 is 2.00 bits per heavy atom. The van der Waals surface area contributed by atoms with Crippen molar-refractivity contribution >= 4 is 5.91 Å². The molecule has 0 spiro atoms. The highest BCUT2D eigenvalue weighted by molar-refractivity contribution is 5.78. The van der Waals surface area contributed by atoms with E-state index in [1.54, 1.807) is 6.92 Å². The average molecular weight is 230 g/mol. The van der Waals surface area contributed by atoms with E-state index in [0.717, 1.165) is 13.1 Å². The predicted molar refractivity (Wildman–Crippen MR) is 66.3 cm³/mol. The average Bonchev–Trinajstić information content (AvgIpc) is 2.17. The van der Waals surface area contributed by atoms with Gasteiger partial charge in [-0.05, 0) is 34.6 Å². The zero-order valence-corrected chi connectivity index (χ0v) is 11.2. The summed E-state index contributed by atoms with van der Waals surface area (Å²) in [5, 5.41) is 9.37. The first-order valence-corrected chi connectivity index (χ1v) is 6.12. The number of hydrogen-bond donors (Lipinski definition) is 1. The van der Waals surface area contributed by atoms with E-state index in [1.165, 1.54) is 0 Å². The van der Waals surface area contributed by atoms with Gasteiger partial charge in [0.1, 0.15) is 0 Å². The van der Waals surface area contributed by atoms with E-state index < -0.39 is 6.10 Å². The Bertz CT molecular complexity index is 201. The Labute approximate surface area is 99.2 Å². The third-order valence-corrected chi connectivity index (χ3v) is 2.68. The molecule has 1 N–H and O–H groups in total. The fraction of sp³-hybridized carbons (Fsp3) is 0.917. The zero-order valence-electron chi connectivity index (χ0n) is 11.2. The number of nitrogens with zero attached hydrogens (tertiary/aromatic N) is 2. The van der Waals surface area contributed by atoms with Crippen LogP contribution in [0, 0.1) is 0 Å². The topological polar surface area (TPSA) is 43.8 Å². The first kappa shape index (κ1) is 15.4. The molecular weight excluding hydrogens is 204 g/mol. The lowest BCUT2D eigenvalue weighted by Gasteiger charge is -2.29. The summed E-state index contributed by atoms with van der Waals surface area (Å²) in [5.74, 6) is 0.138. The molecular formula is C12H26N2O2. The summed E-state index contributed by atoms with van der Waals surface area (Å²) in [5.41, 5.74) is 0. The Morgan fingerprint density at radius 2 is 1.69 bits per heavy atom. The number of aliphatic hydroxyl groups is 1. The van der Waals surface area contributed by atoms with Crippen molar-refractivity contribution in [1.29, 1.82) is 0 Å². The van der Waals surface area contributed by atoms with Gasteiger partial charge < -0.3 is 10.0 Å². The first-order chi connectivity index (χ1) is 7.42. The third kappa shape index (κ3) is 5.47. The summed E-state index contributed by atoms with van der Waals surface area (Å²) in [6, 6.07) is 0.272. The lowest BCUT2D eigenvalue weighted by Crippen LogP contribution is -2.45. The molecule has 0 bridgehead atoms. The molecule has 0 saturated carbocycles. The van der Waals surface area contributed by atoms with Crippen LogP contribution in [0.2, 0.25) is 0 Å². The quantitative estimate of drug-likeness (QED) is 0.708. The van der Waals surface area contributed by atoms with Crippen molar-refractivity contribution in [3.63, 3.8) is 0 Å². The van der Waals surface area contributed by atoms with Gasteiger partial charge in [-0.15, -0.1) is 0 Å². The molecule has 0 aromatic carbocycles. The van der Waals surface area contributed by atoms with Crippen molar-refractivity contribution in [2.75, 3.05) is 26.2 Å². The molecule has 4 nitrogen and oxygen atoms in total. The number of likely N-dealkylation sites (N-methyl/N-ethyl adjacent to an activating group) is 1. The third-order valence-electron chi connectivity index (χ3n) is 2.68. The van der Waals surface area contributed by atoms with Crippen molar-refractivity contribution in [2.45, 2.75) is 46.8 Å². The van der Waals surface area contributed by atoms with Crippen molar-refractivity contribution in [3.05, 3.63) is 0 Å². The Kier molecular flexibility index (Phi) is 7.34. The molecule has 0 heterocycles. The predicted octanol–water partition coefficient (Wildman–Crippen LogP) is 0.946. The summed E-state index contributed by atoms with van der Waals surface area (Å²) >= 11 is 0. The smallest absolute Gasteiger partial charge is 0.236 e. The monoisotopic (exact) mass is 230 g/mol. The fourth-order valence-corrected chi connectivity index (χ4v) is 1.65. The standard InChI is InChI=1S/C12H26N2O2/c1-6-13(7-2)12(16)9-14(10(3)4)8-11(5)15/h10-11,15H,6-9H2,1-5H3. The van der Waals surface area contributed by atoms with Gasteiger partial charge in [0, 0.05) is 25.7 Å². The van der Waals surface area contributed by atoms with E-state index in [0.29, 0.717) is 13.1 Å². The van der Waals surface area contributed by atoms with Crippen LogP contribution in [0.25, 0.3) is 0 Å². The minimum absolute atomic E-state index is 0.138. The van der Waals surface area contributed by atoms with Gasteiger partial charge in [0.25, 0.3) is 0 Å². The minimum atomic E-state index is -0.396. The molecule has 0 rings (SSSR count). The number of amides is 1. The van der Waals surface area contributed by atoms with Crippen LogP contribution in [0.5, 0.6) is 0 Å². The van der Waals surface area contributed by atoms with E-state index in [-0.39, 0.29) is 11.9 Å². The molecule has 1 unspecified atom stereocenters.